The first-order chi connectivity index (χ1) is 13.8. The van der Waals surface area contributed by atoms with E-state index in [4.69, 9.17) is 4.74 Å². The van der Waals surface area contributed by atoms with Gasteiger partial charge in [0.1, 0.15) is 5.82 Å². The summed E-state index contributed by atoms with van der Waals surface area (Å²) in [6.07, 6.45) is 4.23. The third-order valence-corrected chi connectivity index (χ3v) is 4.95. The lowest BCUT2D eigenvalue weighted by atomic mass is 9.82. The number of carbonyl (C=O) groups excluding carboxylic acids is 1. The minimum atomic E-state index is -1.01. The number of hydrogen-bond donors (Lipinski definition) is 2. The Kier molecular flexibility index (Phi) is 5.95. The van der Waals surface area contributed by atoms with Gasteiger partial charge in [-0.15, -0.1) is 0 Å². The quantitative estimate of drug-likeness (QED) is 0.719. The van der Waals surface area contributed by atoms with Gasteiger partial charge in [0.25, 0.3) is 0 Å². The topological polar surface area (TPSA) is 93.5 Å². The number of ether oxygens (including phenoxy) is 1. The standard InChI is InChI=1S/C20H21F2N3O4/c1-11-18(23-19(26)14-5-3-4-6-15(14)20(27)28)12(2)25(24-11)10-29-17-8-7-13(21)9-16(17)22/h3-4,7-9,14-15H,5-6,10H2,1-2H3,(H,23,26)(H,27,28). The van der Waals surface area contributed by atoms with Crippen molar-refractivity contribution in [2.75, 3.05) is 5.32 Å². The van der Waals surface area contributed by atoms with Gasteiger partial charge in [-0.05, 0) is 38.8 Å². The first-order valence-electron chi connectivity index (χ1n) is 9.08. The maximum absolute atomic E-state index is 13.7. The molecular formula is C20H21F2N3O4. The molecule has 1 heterocycles. The van der Waals surface area contributed by atoms with E-state index in [0.717, 1.165) is 12.1 Å². The summed E-state index contributed by atoms with van der Waals surface area (Å²) >= 11 is 0. The van der Waals surface area contributed by atoms with Crippen molar-refractivity contribution in [1.29, 1.82) is 0 Å². The van der Waals surface area contributed by atoms with E-state index in [1.165, 1.54) is 10.7 Å². The van der Waals surface area contributed by atoms with Crippen LogP contribution in [0.5, 0.6) is 5.75 Å². The van der Waals surface area contributed by atoms with Gasteiger partial charge in [-0.3, -0.25) is 9.59 Å². The predicted octanol–water partition coefficient (Wildman–Crippen LogP) is 3.42. The second-order valence-electron chi connectivity index (χ2n) is 6.88. The van der Waals surface area contributed by atoms with E-state index in [9.17, 15) is 23.5 Å². The Bertz CT molecular complexity index is 971. The Labute approximate surface area is 166 Å². The molecule has 0 saturated carbocycles. The number of hydrogen-bond acceptors (Lipinski definition) is 4. The molecule has 0 fully saturated rings. The van der Waals surface area contributed by atoms with Gasteiger partial charge in [0, 0.05) is 6.07 Å². The van der Waals surface area contributed by atoms with Crippen LogP contribution in [-0.2, 0) is 16.3 Å². The highest BCUT2D eigenvalue weighted by atomic mass is 19.1. The fourth-order valence-electron chi connectivity index (χ4n) is 3.32. The molecule has 2 unspecified atom stereocenters. The number of halogens is 2. The van der Waals surface area contributed by atoms with Crippen molar-refractivity contribution in [3.8, 4) is 5.75 Å². The van der Waals surface area contributed by atoms with Gasteiger partial charge in [0.05, 0.1) is 28.9 Å². The lowest BCUT2D eigenvalue weighted by Gasteiger charge is -2.24. The maximum Gasteiger partial charge on any atom is 0.307 e. The number of amides is 1. The number of rotatable bonds is 6. The zero-order valence-corrected chi connectivity index (χ0v) is 16.0. The molecule has 2 atom stereocenters. The Morgan fingerprint density at radius 3 is 2.59 bits per heavy atom. The lowest BCUT2D eigenvalue weighted by molar-refractivity contribution is -0.146. The second kappa shape index (κ2) is 8.42. The second-order valence-corrected chi connectivity index (χ2v) is 6.88. The van der Waals surface area contributed by atoms with Gasteiger partial charge in [0.2, 0.25) is 5.91 Å². The van der Waals surface area contributed by atoms with E-state index >= 15 is 0 Å². The van der Waals surface area contributed by atoms with Gasteiger partial charge < -0.3 is 15.2 Å². The molecule has 2 N–H and O–H groups in total. The van der Waals surface area contributed by atoms with Crippen LogP contribution in [0, 0.1) is 37.3 Å². The van der Waals surface area contributed by atoms with Crippen molar-refractivity contribution in [2.24, 2.45) is 11.8 Å². The van der Waals surface area contributed by atoms with E-state index in [-0.39, 0.29) is 12.5 Å². The third kappa shape index (κ3) is 4.44. The Morgan fingerprint density at radius 1 is 1.24 bits per heavy atom. The summed E-state index contributed by atoms with van der Waals surface area (Å²) in [7, 11) is 0. The van der Waals surface area contributed by atoms with Crippen molar-refractivity contribution >= 4 is 17.6 Å². The summed E-state index contributed by atoms with van der Waals surface area (Å²) in [4.78, 5) is 24.1. The molecule has 1 aliphatic rings. The minimum absolute atomic E-state index is 0.122. The van der Waals surface area contributed by atoms with E-state index in [1.54, 1.807) is 26.0 Å². The predicted molar refractivity (Wildman–Crippen MR) is 100 cm³/mol. The number of carboxylic acid groups (broad SMARTS) is 1. The molecule has 9 heteroatoms. The average molecular weight is 405 g/mol. The Balaban J connectivity index is 1.72. The number of aromatic nitrogens is 2. The average Bonchev–Trinajstić information content (AvgIpc) is 2.94. The first-order valence-corrected chi connectivity index (χ1v) is 9.08. The fraction of sp³-hybridized carbons (Fsp3) is 0.350. The number of benzene rings is 1. The highest BCUT2D eigenvalue weighted by molar-refractivity contribution is 5.96. The van der Waals surface area contributed by atoms with Gasteiger partial charge in [-0.2, -0.15) is 5.10 Å². The molecule has 154 valence electrons. The highest BCUT2D eigenvalue weighted by Crippen LogP contribution is 2.29. The normalized spacial score (nSPS) is 18.5. The summed E-state index contributed by atoms with van der Waals surface area (Å²) in [5.41, 5.74) is 1.53. The molecular weight excluding hydrogens is 384 g/mol. The zero-order valence-electron chi connectivity index (χ0n) is 16.0. The molecule has 1 aromatic carbocycles. The zero-order chi connectivity index (χ0) is 21.1. The number of nitrogens with zero attached hydrogens (tertiary/aromatic N) is 2. The van der Waals surface area contributed by atoms with Crippen molar-refractivity contribution in [3.05, 3.63) is 53.4 Å². The Morgan fingerprint density at radius 2 is 1.93 bits per heavy atom. The van der Waals surface area contributed by atoms with E-state index in [1.807, 2.05) is 0 Å². The number of carboxylic acids is 1. The molecule has 1 aromatic heterocycles. The van der Waals surface area contributed by atoms with Gasteiger partial charge in [-0.1, -0.05) is 12.2 Å². The monoisotopic (exact) mass is 405 g/mol. The number of aryl methyl sites for hydroxylation is 1. The minimum Gasteiger partial charge on any atom is -0.481 e. The lowest BCUT2D eigenvalue weighted by Crippen LogP contribution is -2.35. The van der Waals surface area contributed by atoms with Crippen LogP contribution in [-0.4, -0.2) is 26.8 Å². The molecule has 0 radical (unpaired) electrons. The number of allylic oxidation sites excluding steroid dienone is 2. The van der Waals surface area contributed by atoms with E-state index < -0.39 is 35.3 Å². The van der Waals surface area contributed by atoms with Crippen LogP contribution in [0.3, 0.4) is 0 Å². The van der Waals surface area contributed by atoms with Gasteiger partial charge in [-0.25, -0.2) is 13.5 Å². The van der Waals surface area contributed by atoms with Crippen LogP contribution in [0.25, 0.3) is 0 Å². The van der Waals surface area contributed by atoms with Crippen LogP contribution in [0.4, 0.5) is 14.5 Å². The van der Waals surface area contributed by atoms with Crippen LogP contribution < -0.4 is 10.1 Å². The summed E-state index contributed by atoms with van der Waals surface area (Å²) in [6.45, 7) is 3.25. The summed E-state index contributed by atoms with van der Waals surface area (Å²) in [5, 5.41) is 16.4. The summed E-state index contributed by atoms with van der Waals surface area (Å²) in [6, 6.07) is 2.99. The van der Waals surface area contributed by atoms with Crippen molar-refractivity contribution in [3.63, 3.8) is 0 Å². The number of carbonyl (C=O) groups is 2. The van der Waals surface area contributed by atoms with Crippen molar-refractivity contribution < 1.29 is 28.2 Å². The van der Waals surface area contributed by atoms with Crippen molar-refractivity contribution in [1.82, 2.24) is 9.78 Å². The molecule has 0 bridgehead atoms. The van der Waals surface area contributed by atoms with Gasteiger partial charge in [0.15, 0.2) is 18.3 Å². The van der Waals surface area contributed by atoms with Crippen LogP contribution in [0.2, 0.25) is 0 Å². The summed E-state index contributed by atoms with van der Waals surface area (Å²) < 4.78 is 33.5. The van der Waals surface area contributed by atoms with E-state index in [2.05, 4.69) is 10.4 Å². The highest BCUT2D eigenvalue weighted by Gasteiger charge is 2.34. The van der Waals surface area contributed by atoms with Crippen LogP contribution in [0.1, 0.15) is 24.2 Å². The molecule has 7 nitrogen and oxygen atoms in total. The number of nitrogens with one attached hydrogen (secondary N) is 1. The number of anilines is 1. The molecule has 2 aromatic rings. The van der Waals surface area contributed by atoms with E-state index in [0.29, 0.717) is 29.9 Å². The smallest absolute Gasteiger partial charge is 0.307 e. The van der Waals surface area contributed by atoms with Crippen LogP contribution >= 0.6 is 0 Å². The SMILES string of the molecule is Cc1nn(COc2ccc(F)cc2F)c(C)c1NC(=O)C1CC=CCC1C(=O)O. The maximum atomic E-state index is 13.7. The molecule has 0 saturated heterocycles. The van der Waals surface area contributed by atoms with Crippen molar-refractivity contribution in [2.45, 2.75) is 33.4 Å². The fourth-order valence-corrected chi connectivity index (χ4v) is 3.32. The molecule has 0 spiro atoms. The molecule has 0 aliphatic heterocycles. The summed E-state index contributed by atoms with van der Waals surface area (Å²) in [5.74, 6) is -4.51. The van der Waals surface area contributed by atoms with Gasteiger partial charge >= 0.3 is 5.97 Å². The molecule has 1 amide bonds. The molecule has 29 heavy (non-hydrogen) atoms. The molecule has 1 aliphatic carbocycles. The Hall–Kier alpha value is -3.23. The number of aliphatic carboxylic acids is 1. The third-order valence-electron chi connectivity index (χ3n) is 4.95. The largest absolute Gasteiger partial charge is 0.481 e. The molecule has 3 rings (SSSR count). The van der Waals surface area contributed by atoms with Crippen LogP contribution in [0.15, 0.2) is 30.4 Å². The first kappa shape index (κ1) is 20.5.